The topological polar surface area (TPSA) is 67.8 Å². The predicted molar refractivity (Wildman–Crippen MR) is 99.5 cm³/mol. The number of benzene rings is 1. The Morgan fingerprint density at radius 3 is 2.92 bits per heavy atom. The largest absolute Gasteiger partial charge is 0.300 e. The van der Waals surface area contributed by atoms with E-state index in [-0.39, 0.29) is 5.91 Å². The lowest BCUT2D eigenvalue weighted by Gasteiger charge is -2.05. The maximum absolute atomic E-state index is 12.1. The van der Waals surface area contributed by atoms with Crippen LogP contribution in [0.15, 0.2) is 41.4 Å². The van der Waals surface area contributed by atoms with Gasteiger partial charge < -0.3 is 0 Å². The molecule has 0 radical (unpaired) electrons. The zero-order chi connectivity index (χ0) is 16.9. The third-order valence-electron chi connectivity index (χ3n) is 3.25. The van der Waals surface area contributed by atoms with Crippen LogP contribution >= 0.6 is 23.1 Å². The molecule has 0 bridgehead atoms. The number of hydrogen-bond donors (Lipinski definition) is 1. The fraction of sp³-hybridized carbons (Fsp3) is 0.294. The molecule has 5 nitrogen and oxygen atoms in total. The Morgan fingerprint density at radius 2 is 2.08 bits per heavy atom. The van der Waals surface area contributed by atoms with Crippen molar-refractivity contribution in [3.8, 4) is 0 Å². The van der Waals surface area contributed by atoms with E-state index in [9.17, 15) is 4.79 Å². The van der Waals surface area contributed by atoms with Crippen molar-refractivity contribution in [1.82, 2.24) is 15.2 Å². The molecule has 0 unspecified atom stereocenters. The highest BCUT2D eigenvalue weighted by molar-refractivity contribution is 8.00. The molecule has 0 spiro atoms. The summed E-state index contributed by atoms with van der Waals surface area (Å²) in [5, 5.41) is 13.5. The summed E-state index contributed by atoms with van der Waals surface area (Å²) in [5.41, 5.74) is 0.924. The molecule has 0 aliphatic carbocycles. The monoisotopic (exact) mass is 358 g/mol. The van der Waals surface area contributed by atoms with Crippen molar-refractivity contribution in [2.75, 3.05) is 11.1 Å². The maximum Gasteiger partial charge on any atom is 0.236 e. The Balaban J connectivity index is 1.60. The van der Waals surface area contributed by atoms with Gasteiger partial charge in [0.15, 0.2) is 0 Å². The molecule has 3 aromatic rings. The highest BCUT2D eigenvalue weighted by atomic mass is 32.2. The number of fused-ring (bicyclic) bond motifs is 1. The van der Waals surface area contributed by atoms with Gasteiger partial charge in [0.2, 0.25) is 11.0 Å². The quantitative estimate of drug-likeness (QED) is 0.674. The van der Waals surface area contributed by atoms with Crippen LogP contribution in [0.4, 0.5) is 5.13 Å². The Bertz CT molecular complexity index is 842. The van der Waals surface area contributed by atoms with E-state index in [1.165, 1.54) is 23.1 Å². The van der Waals surface area contributed by atoms with Crippen molar-refractivity contribution in [1.29, 1.82) is 0 Å². The number of carbonyl (C=O) groups excluding carboxylic acids is 1. The number of aromatic nitrogens is 3. The molecule has 0 fully saturated rings. The first-order valence-corrected chi connectivity index (χ1v) is 9.51. The van der Waals surface area contributed by atoms with Crippen LogP contribution in [0.5, 0.6) is 0 Å². The van der Waals surface area contributed by atoms with Gasteiger partial charge in [-0.1, -0.05) is 43.4 Å². The Kier molecular flexibility index (Phi) is 5.42. The normalized spacial score (nSPS) is 11.1. The van der Waals surface area contributed by atoms with Gasteiger partial charge in [-0.2, -0.15) is 0 Å². The summed E-state index contributed by atoms with van der Waals surface area (Å²) in [4.78, 5) is 17.5. The van der Waals surface area contributed by atoms with Crippen LogP contribution in [0.2, 0.25) is 0 Å². The number of hydrogen-bond acceptors (Lipinski definition) is 6. The minimum Gasteiger partial charge on any atom is -0.300 e. The summed E-state index contributed by atoms with van der Waals surface area (Å²) >= 11 is 2.91. The predicted octanol–water partition coefficient (Wildman–Crippen LogP) is 4.02. The maximum atomic E-state index is 12.1. The van der Waals surface area contributed by atoms with E-state index < -0.39 is 0 Å². The fourth-order valence-corrected chi connectivity index (χ4v) is 4.04. The highest BCUT2D eigenvalue weighted by Gasteiger charge is 2.11. The van der Waals surface area contributed by atoms with E-state index >= 15 is 0 Å². The molecular weight excluding hydrogens is 340 g/mol. The molecule has 1 aromatic carbocycles. The molecular formula is C17H18N4OS2. The summed E-state index contributed by atoms with van der Waals surface area (Å²) in [6, 6.07) is 9.91. The molecule has 1 N–H and O–H groups in total. The minimum atomic E-state index is -0.0832. The molecule has 0 saturated carbocycles. The third-order valence-corrected chi connectivity index (χ3v) is 5.16. The van der Waals surface area contributed by atoms with E-state index in [1.54, 1.807) is 6.20 Å². The van der Waals surface area contributed by atoms with Gasteiger partial charge in [0, 0.05) is 22.9 Å². The Hall–Kier alpha value is -1.99. The van der Waals surface area contributed by atoms with Crippen LogP contribution in [0, 0.1) is 5.92 Å². The van der Waals surface area contributed by atoms with Crippen molar-refractivity contribution >= 4 is 45.0 Å². The number of pyridine rings is 1. The molecule has 0 aliphatic heterocycles. The molecule has 0 atom stereocenters. The van der Waals surface area contributed by atoms with Gasteiger partial charge in [0.05, 0.1) is 11.3 Å². The summed E-state index contributed by atoms with van der Waals surface area (Å²) in [5.74, 6) is 0.755. The number of nitrogens with one attached hydrogen (secondary N) is 1. The van der Waals surface area contributed by atoms with Gasteiger partial charge in [0.25, 0.3) is 0 Å². The Labute approximate surface area is 148 Å². The van der Waals surface area contributed by atoms with E-state index in [0.29, 0.717) is 16.8 Å². The number of para-hydroxylation sites is 1. The first kappa shape index (κ1) is 16.9. The molecule has 3 rings (SSSR count). The minimum absolute atomic E-state index is 0.0832. The van der Waals surface area contributed by atoms with Gasteiger partial charge in [0.1, 0.15) is 5.01 Å². The standard InChI is InChI=1S/C17H18N4OS2/c1-11(2)9-15-20-21-17(24-15)19-14(22)10-23-13-7-3-5-12-6-4-8-18-16(12)13/h3-8,11H,9-10H2,1-2H3,(H,19,21,22). The van der Waals surface area contributed by atoms with Crippen LogP contribution < -0.4 is 5.32 Å². The van der Waals surface area contributed by atoms with Gasteiger partial charge >= 0.3 is 0 Å². The average molecular weight is 358 g/mol. The zero-order valence-electron chi connectivity index (χ0n) is 13.5. The first-order valence-electron chi connectivity index (χ1n) is 7.70. The van der Waals surface area contributed by atoms with Gasteiger partial charge in [-0.25, -0.2) is 0 Å². The lowest BCUT2D eigenvalue weighted by Crippen LogP contribution is -2.13. The van der Waals surface area contributed by atoms with Crippen LogP contribution in [0.1, 0.15) is 18.9 Å². The molecule has 24 heavy (non-hydrogen) atoms. The number of thioether (sulfide) groups is 1. The molecule has 0 aliphatic rings. The SMILES string of the molecule is CC(C)Cc1nnc(NC(=O)CSc2cccc3cccnc23)s1. The summed E-state index contributed by atoms with van der Waals surface area (Å²) in [7, 11) is 0. The Morgan fingerprint density at radius 1 is 1.25 bits per heavy atom. The number of amides is 1. The van der Waals surface area contributed by atoms with Crippen LogP contribution in [0.25, 0.3) is 10.9 Å². The summed E-state index contributed by atoms with van der Waals surface area (Å²) < 4.78 is 0. The van der Waals surface area contributed by atoms with Crippen molar-refractivity contribution < 1.29 is 4.79 Å². The number of anilines is 1. The molecule has 2 aromatic heterocycles. The molecule has 124 valence electrons. The smallest absolute Gasteiger partial charge is 0.236 e. The third kappa shape index (κ3) is 4.30. The van der Waals surface area contributed by atoms with Gasteiger partial charge in [-0.05, 0) is 18.1 Å². The van der Waals surface area contributed by atoms with E-state index in [0.717, 1.165) is 27.2 Å². The molecule has 7 heteroatoms. The van der Waals surface area contributed by atoms with Crippen LogP contribution in [0.3, 0.4) is 0 Å². The second-order valence-corrected chi connectivity index (χ2v) is 7.85. The van der Waals surface area contributed by atoms with E-state index in [1.807, 2.05) is 30.3 Å². The van der Waals surface area contributed by atoms with Crippen molar-refractivity contribution in [2.45, 2.75) is 25.2 Å². The zero-order valence-corrected chi connectivity index (χ0v) is 15.2. The summed E-state index contributed by atoms with van der Waals surface area (Å²) in [6.45, 7) is 4.27. The fourth-order valence-electron chi connectivity index (χ4n) is 2.23. The van der Waals surface area contributed by atoms with E-state index in [4.69, 9.17) is 0 Å². The number of carbonyl (C=O) groups is 1. The molecule has 0 saturated heterocycles. The van der Waals surface area contributed by atoms with Crippen molar-refractivity contribution in [3.63, 3.8) is 0 Å². The second-order valence-electron chi connectivity index (χ2n) is 5.77. The van der Waals surface area contributed by atoms with E-state index in [2.05, 4.69) is 34.3 Å². The molecule has 2 heterocycles. The van der Waals surface area contributed by atoms with Crippen LogP contribution in [-0.2, 0) is 11.2 Å². The number of nitrogens with zero attached hydrogens (tertiary/aromatic N) is 3. The van der Waals surface area contributed by atoms with Gasteiger partial charge in [-0.15, -0.1) is 22.0 Å². The lowest BCUT2D eigenvalue weighted by atomic mass is 10.1. The van der Waals surface area contributed by atoms with Crippen molar-refractivity contribution in [2.24, 2.45) is 5.92 Å². The van der Waals surface area contributed by atoms with Crippen molar-refractivity contribution in [3.05, 3.63) is 41.5 Å². The average Bonchev–Trinajstić information content (AvgIpc) is 2.99. The molecule has 1 amide bonds. The first-order chi connectivity index (χ1) is 11.6. The second kappa shape index (κ2) is 7.72. The van der Waals surface area contributed by atoms with Gasteiger partial charge in [-0.3, -0.25) is 15.1 Å². The lowest BCUT2D eigenvalue weighted by molar-refractivity contribution is -0.113. The highest BCUT2D eigenvalue weighted by Crippen LogP contribution is 2.26. The number of rotatable bonds is 6. The summed E-state index contributed by atoms with van der Waals surface area (Å²) in [6.07, 6.45) is 2.65. The van der Waals surface area contributed by atoms with Crippen LogP contribution in [-0.4, -0.2) is 26.8 Å².